The van der Waals surface area contributed by atoms with Crippen molar-refractivity contribution in [2.24, 2.45) is 5.84 Å². The molecule has 2 nitrogen and oxygen atoms in total. The number of nitrogens with two attached hydrogens (primary N) is 1. The van der Waals surface area contributed by atoms with Crippen LogP contribution >= 0.6 is 34.8 Å². The molecule has 0 amide bonds. The Morgan fingerprint density at radius 3 is 2.45 bits per heavy atom. The lowest BCUT2D eigenvalue weighted by Gasteiger charge is -2.18. The van der Waals surface area contributed by atoms with E-state index in [1.807, 2.05) is 25.1 Å². The Hall–Kier alpha value is -0.770. The fourth-order valence-corrected chi connectivity index (χ4v) is 2.85. The van der Waals surface area contributed by atoms with Gasteiger partial charge in [0.25, 0.3) is 0 Å². The normalized spacial score (nSPS) is 12.4. The molecule has 0 saturated heterocycles. The zero-order valence-corrected chi connectivity index (χ0v) is 13.2. The zero-order chi connectivity index (χ0) is 14.7. The van der Waals surface area contributed by atoms with E-state index in [0.717, 1.165) is 16.7 Å². The van der Waals surface area contributed by atoms with E-state index in [9.17, 15) is 0 Å². The maximum Gasteiger partial charge on any atom is 0.0501 e. The van der Waals surface area contributed by atoms with E-state index in [4.69, 9.17) is 40.6 Å². The minimum absolute atomic E-state index is 0.0802. The standard InChI is InChI=1S/C15H15Cl3N2/c1-9-4-11(7-13(17)5-9)15(20-19)8-10-6-12(16)2-3-14(10)18/h2-7,15,20H,8,19H2,1H3. The van der Waals surface area contributed by atoms with Crippen LogP contribution in [0, 0.1) is 6.92 Å². The lowest BCUT2D eigenvalue weighted by Crippen LogP contribution is -2.29. The van der Waals surface area contributed by atoms with E-state index in [1.165, 1.54) is 0 Å². The highest BCUT2D eigenvalue weighted by Gasteiger charge is 2.14. The van der Waals surface area contributed by atoms with Crippen LogP contribution in [0.25, 0.3) is 0 Å². The first-order chi connectivity index (χ1) is 9.49. The number of rotatable bonds is 4. The summed E-state index contributed by atoms with van der Waals surface area (Å²) in [6, 6.07) is 11.2. The Labute approximate surface area is 133 Å². The molecule has 1 unspecified atom stereocenters. The van der Waals surface area contributed by atoms with Gasteiger partial charge in [-0.25, -0.2) is 0 Å². The number of aryl methyl sites for hydroxylation is 1. The van der Waals surface area contributed by atoms with Gasteiger partial charge in [-0.1, -0.05) is 40.9 Å². The van der Waals surface area contributed by atoms with Gasteiger partial charge in [0, 0.05) is 15.1 Å². The highest BCUT2D eigenvalue weighted by Crippen LogP contribution is 2.27. The fraction of sp³-hybridized carbons (Fsp3) is 0.200. The van der Waals surface area contributed by atoms with Crippen LogP contribution in [0.4, 0.5) is 0 Å². The van der Waals surface area contributed by atoms with E-state index >= 15 is 0 Å². The van der Waals surface area contributed by atoms with Crippen molar-refractivity contribution in [1.29, 1.82) is 0 Å². The molecule has 0 bridgehead atoms. The van der Waals surface area contributed by atoms with Crippen LogP contribution in [0.5, 0.6) is 0 Å². The summed E-state index contributed by atoms with van der Waals surface area (Å²) in [6.45, 7) is 2.00. The number of halogens is 3. The number of hydrogen-bond acceptors (Lipinski definition) is 2. The number of benzene rings is 2. The van der Waals surface area contributed by atoms with E-state index in [-0.39, 0.29) is 6.04 Å². The van der Waals surface area contributed by atoms with Gasteiger partial charge in [-0.2, -0.15) is 0 Å². The highest BCUT2D eigenvalue weighted by molar-refractivity contribution is 6.33. The van der Waals surface area contributed by atoms with Crippen molar-refractivity contribution in [1.82, 2.24) is 5.43 Å². The van der Waals surface area contributed by atoms with E-state index in [0.29, 0.717) is 21.5 Å². The molecule has 0 heterocycles. The first-order valence-electron chi connectivity index (χ1n) is 6.16. The summed E-state index contributed by atoms with van der Waals surface area (Å²) in [7, 11) is 0. The molecule has 0 spiro atoms. The third-order valence-corrected chi connectivity index (χ3v) is 3.92. The molecule has 0 aromatic heterocycles. The van der Waals surface area contributed by atoms with Crippen molar-refractivity contribution in [2.75, 3.05) is 0 Å². The third-order valence-electron chi connectivity index (χ3n) is 3.10. The van der Waals surface area contributed by atoms with Crippen molar-refractivity contribution in [3.8, 4) is 0 Å². The monoisotopic (exact) mass is 328 g/mol. The maximum absolute atomic E-state index is 6.19. The van der Waals surface area contributed by atoms with Gasteiger partial charge >= 0.3 is 0 Å². The third kappa shape index (κ3) is 3.87. The Balaban J connectivity index is 2.30. The first kappa shape index (κ1) is 15.6. The van der Waals surface area contributed by atoms with Crippen LogP contribution in [0.15, 0.2) is 36.4 Å². The molecule has 5 heteroatoms. The molecule has 1 atom stereocenters. The Kier molecular flexibility index (Phi) is 5.30. The Bertz CT molecular complexity index is 594. The smallest absolute Gasteiger partial charge is 0.0501 e. The fourth-order valence-electron chi connectivity index (χ4n) is 2.16. The van der Waals surface area contributed by atoms with Crippen LogP contribution in [0.3, 0.4) is 0 Å². The minimum atomic E-state index is -0.0802. The van der Waals surface area contributed by atoms with Crippen LogP contribution < -0.4 is 11.3 Å². The summed E-state index contributed by atoms with van der Waals surface area (Å²) >= 11 is 18.3. The molecule has 0 aliphatic heterocycles. The highest BCUT2D eigenvalue weighted by atomic mass is 35.5. The second-order valence-corrected chi connectivity index (χ2v) is 6.00. The topological polar surface area (TPSA) is 38.0 Å². The molecule has 0 radical (unpaired) electrons. The van der Waals surface area contributed by atoms with Crippen LogP contribution in [0.2, 0.25) is 15.1 Å². The molecule has 2 aromatic carbocycles. The SMILES string of the molecule is Cc1cc(Cl)cc(C(Cc2cc(Cl)ccc2Cl)NN)c1. The van der Waals surface area contributed by atoms with Crippen molar-refractivity contribution in [2.45, 2.75) is 19.4 Å². The summed E-state index contributed by atoms with van der Waals surface area (Å²) in [5.41, 5.74) is 5.86. The van der Waals surface area contributed by atoms with Crippen molar-refractivity contribution in [3.05, 3.63) is 68.2 Å². The van der Waals surface area contributed by atoms with Gasteiger partial charge in [-0.05, 0) is 60.4 Å². The van der Waals surface area contributed by atoms with Gasteiger partial charge in [-0.3, -0.25) is 11.3 Å². The van der Waals surface area contributed by atoms with Gasteiger partial charge in [0.05, 0.1) is 6.04 Å². The number of hydrazine groups is 1. The van der Waals surface area contributed by atoms with Gasteiger partial charge in [-0.15, -0.1) is 0 Å². The molecular weight excluding hydrogens is 315 g/mol. The van der Waals surface area contributed by atoms with E-state index in [1.54, 1.807) is 12.1 Å². The second-order valence-electron chi connectivity index (χ2n) is 4.72. The lowest BCUT2D eigenvalue weighted by atomic mass is 9.98. The van der Waals surface area contributed by atoms with Crippen LogP contribution in [-0.4, -0.2) is 0 Å². The summed E-state index contributed by atoms with van der Waals surface area (Å²) in [4.78, 5) is 0. The summed E-state index contributed by atoms with van der Waals surface area (Å²) < 4.78 is 0. The molecule has 0 aliphatic rings. The second kappa shape index (κ2) is 6.79. The van der Waals surface area contributed by atoms with Crippen molar-refractivity contribution in [3.63, 3.8) is 0 Å². The molecule has 2 aromatic rings. The van der Waals surface area contributed by atoms with E-state index in [2.05, 4.69) is 11.5 Å². The van der Waals surface area contributed by atoms with Crippen LogP contribution in [-0.2, 0) is 6.42 Å². The summed E-state index contributed by atoms with van der Waals surface area (Å²) in [5, 5.41) is 2.02. The van der Waals surface area contributed by atoms with E-state index < -0.39 is 0 Å². The average molecular weight is 330 g/mol. The van der Waals surface area contributed by atoms with Gasteiger partial charge in [0.2, 0.25) is 0 Å². The van der Waals surface area contributed by atoms with Gasteiger partial charge < -0.3 is 0 Å². The largest absolute Gasteiger partial charge is 0.271 e. The average Bonchev–Trinajstić information content (AvgIpc) is 2.38. The number of hydrogen-bond donors (Lipinski definition) is 2. The predicted molar refractivity (Wildman–Crippen MR) is 86.4 cm³/mol. The van der Waals surface area contributed by atoms with Crippen LogP contribution in [0.1, 0.15) is 22.7 Å². The molecule has 0 aliphatic carbocycles. The van der Waals surface area contributed by atoms with Crippen molar-refractivity contribution >= 4 is 34.8 Å². The molecule has 0 saturated carbocycles. The Morgan fingerprint density at radius 2 is 1.80 bits per heavy atom. The quantitative estimate of drug-likeness (QED) is 0.630. The Morgan fingerprint density at radius 1 is 1.05 bits per heavy atom. The van der Waals surface area contributed by atoms with Crippen molar-refractivity contribution < 1.29 is 0 Å². The molecule has 0 fully saturated rings. The summed E-state index contributed by atoms with van der Waals surface area (Å²) in [6.07, 6.45) is 0.635. The predicted octanol–water partition coefficient (Wildman–Crippen LogP) is 4.70. The van der Waals surface area contributed by atoms with Gasteiger partial charge in [0.15, 0.2) is 0 Å². The minimum Gasteiger partial charge on any atom is -0.271 e. The maximum atomic E-state index is 6.19. The number of nitrogens with one attached hydrogen (secondary N) is 1. The molecule has 106 valence electrons. The molecule has 2 rings (SSSR count). The first-order valence-corrected chi connectivity index (χ1v) is 7.30. The van der Waals surface area contributed by atoms with Gasteiger partial charge in [0.1, 0.15) is 0 Å². The molecule has 20 heavy (non-hydrogen) atoms. The zero-order valence-electron chi connectivity index (χ0n) is 11.0. The summed E-state index contributed by atoms with van der Waals surface area (Å²) in [5.74, 6) is 5.67. The molecular formula is C15H15Cl3N2. The lowest BCUT2D eigenvalue weighted by molar-refractivity contribution is 0.552. The molecule has 3 N–H and O–H groups in total.